The Morgan fingerprint density at radius 2 is 2.12 bits per heavy atom. The van der Waals surface area contributed by atoms with Crippen molar-refractivity contribution in [3.8, 4) is 0 Å². The molecule has 0 saturated heterocycles. The molecule has 1 saturated carbocycles. The smallest absolute Gasteiger partial charge is 0.319 e. The van der Waals surface area contributed by atoms with E-state index in [1.807, 2.05) is 0 Å². The molecule has 1 aliphatic carbocycles. The topological polar surface area (TPSA) is 72.5 Å². The Hall–Kier alpha value is -0.620. The normalized spacial score (nSPS) is 25.6. The summed E-state index contributed by atoms with van der Waals surface area (Å²) in [5, 5.41) is 2.61. The van der Waals surface area contributed by atoms with Crippen LogP contribution in [-0.4, -0.2) is 45.1 Å². The molecule has 0 heterocycles. The highest BCUT2D eigenvalue weighted by atomic mass is 32.2. The quantitative estimate of drug-likeness (QED) is 0.700. The first kappa shape index (κ1) is 13.4. The number of rotatable bonds is 5. The first-order chi connectivity index (χ1) is 7.45. The number of hydrogen-bond donors (Lipinski definition) is 1. The van der Waals surface area contributed by atoms with Crippen molar-refractivity contribution in [2.24, 2.45) is 0 Å². The minimum absolute atomic E-state index is 0.0878. The van der Waals surface area contributed by atoms with Crippen molar-refractivity contribution in [3.63, 3.8) is 0 Å². The Kier molecular flexibility index (Phi) is 4.73. The van der Waals surface area contributed by atoms with E-state index in [1.54, 1.807) is 6.92 Å². The standard InChI is InChI=1S/C10H19NO4S/c1-3-15-10(12)7-11-8-5-4-6-9(8)16(2,13)14/h8-9,11H,3-7H2,1-2H3. The summed E-state index contributed by atoms with van der Waals surface area (Å²) in [6, 6.07) is -0.112. The van der Waals surface area contributed by atoms with E-state index >= 15 is 0 Å². The molecule has 0 aromatic carbocycles. The summed E-state index contributed by atoms with van der Waals surface area (Å²) < 4.78 is 27.7. The molecular formula is C10H19NO4S. The van der Waals surface area contributed by atoms with E-state index in [0.29, 0.717) is 13.0 Å². The van der Waals surface area contributed by atoms with Gasteiger partial charge >= 0.3 is 5.97 Å². The Morgan fingerprint density at radius 3 is 2.69 bits per heavy atom. The maximum atomic E-state index is 11.5. The molecule has 2 atom stereocenters. The number of sulfone groups is 1. The van der Waals surface area contributed by atoms with Gasteiger partial charge in [0.1, 0.15) is 0 Å². The number of carbonyl (C=O) groups is 1. The van der Waals surface area contributed by atoms with Crippen LogP contribution in [-0.2, 0) is 19.4 Å². The van der Waals surface area contributed by atoms with Crippen LogP contribution in [0.3, 0.4) is 0 Å². The Balaban J connectivity index is 2.45. The molecule has 1 fully saturated rings. The summed E-state index contributed by atoms with van der Waals surface area (Å²) in [5.74, 6) is -0.332. The molecule has 5 nitrogen and oxygen atoms in total. The second kappa shape index (κ2) is 5.63. The number of hydrogen-bond acceptors (Lipinski definition) is 5. The maximum absolute atomic E-state index is 11.5. The van der Waals surface area contributed by atoms with Crippen LogP contribution in [0.2, 0.25) is 0 Å². The van der Waals surface area contributed by atoms with Crippen LogP contribution in [0.15, 0.2) is 0 Å². The lowest BCUT2D eigenvalue weighted by atomic mass is 10.2. The van der Waals surface area contributed by atoms with E-state index < -0.39 is 9.84 Å². The second-order valence-corrected chi connectivity index (χ2v) is 6.36. The Labute approximate surface area is 96.5 Å². The summed E-state index contributed by atoms with van der Waals surface area (Å²) in [4.78, 5) is 11.1. The van der Waals surface area contributed by atoms with Crippen molar-refractivity contribution < 1.29 is 17.9 Å². The zero-order valence-electron chi connectivity index (χ0n) is 9.73. The van der Waals surface area contributed by atoms with Gasteiger partial charge in [0.05, 0.1) is 18.4 Å². The van der Waals surface area contributed by atoms with Crippen molar-refractivity contribution in [2.45, 2.75) is 37.5 Å². The van der Waals surface area contributed by atoms with Gasteiger partial charge in [-0.15, -0.1) is 0 Å². The monoisotopic (exact) mass is 249 g/mol. The molecule has 1 N–H and O–H groups in total. The van der Waals surface area contributed by atoms with Crippen molar-refractivity contribution >= 4 is 15.8 Å². The Bertz CT molecular complexity index is 339. The number of nitrogens with one attached hydrogen (secondary N) is 1. The van der Waals surface area contributed by atoms with E-state index in [0.717, 1.165) is 12.8 Å². The number of esters is 1. The van der Waals surface area contributed by atoms with Gasteiger partial charge in [-0.1, -0.05) is 6.42 Å². The van der Waals surface area contributed by atoms with Gasteiger partial charge in [0.2, 0.25) is 0 Å². The fourth-order valence-electron chi connectivity index (χ4n) is 2.10. The van der Waals surface area contributed by atoms with E-state index in [-0.39, 0.29) is 23.8 Å². The van der Waals surface area contributed by atoms with Crippen LogP contribution >= 0.6 is 0 Å². The molecule has 0 radical (unpaired) electrons. The van der Waals surface area contributed by atoms with E-state index in [2.05, 4.69) is 5.32 Å². The minimum atomic E-state index is -3.03. The molecule has 0 spiro atoms. The molecule has 0 aromatic heterocycles. The third kappa shape index (κ3) is 3.75. The molecule has 0 bridgehead atoms. The van der Waals surface area contributed by atoms with Gasteiger partial charge < -0.3 is 10.1 Å². The molecule has 0 amide bonds. The highest BCUT2D eigenvalue weighted by Gasteiger charge is 2.34. The summed E-state index contributed by atoms with van der Waals surface area (Å²) in [7, 11) is -3.03. The maximum Gasteiger partial charge on any atom is 0.319 e. The molecule has 6 heteroatoms. The molecule has 0 aliphatic heterocycles. The lowest BCUT2D eigenvalue weighted by molar-refractivity contribution is -0.142. The fraction of sp³-hybridized carbons (Fsp3) is 0.900. The van der Waals surface area contributed by atoms with Crippen LogP contribution in [0, 0.1) is 0 Å². The third-order valence-electron chi connectivity index (χ3n) is 2.82. The van der Waals surface area contributed by atoms with Crippen LogP contribution in [0.1, 0.15) is 26.2 Å². The van der Waals surface area contributed by atoms with E-state index in [4.69, 9.17) is 4.74 Å². The highest BCUT2D eigenvalue weighted by molar-refractivity contribution is 7.91. The lowest BCUT2D eigenvalue weighted by Gasteiger charge is -2.18. The second-order valence-electron chi connectivity index (χ2n) is 4.09. The van der Waals surface area contributed by atoms with E-state index in [1.165, 1.54) is 6.26 Å². The number of carbonyl (C=O) groups excluding carboxylic acids is 1. The first-order valence-electron chi connectivity index (χ1n) is 5.53. The van der Waals surface area contributed by atoms with Crippen LogP contribution in [0.5, 0.6) is 0 Å². The zero-order valence-corrected chi connectivity index (χ0v) is 10.5. The predicted molar refractivity (Wildman–Crippen MR) is 60.9 cm³/mol. The summed E-state index contributed by atoms with van der Waals surface area (Å²) in [6.07, 6.45) is 3.62. The van der Waals surface area contributed by atoms with Gasteiger partial charge in [0.15, 0.2) is 9.84 Å². The minimum Gasteiger partial charge on any atom is -0.465 e. The predicted octanol–water partition coefficient (Wildman–Crippen LogP) is 0.105. The summed E-state index contributed by atoms with van der Waals surface area (Å²) >= 11 is 0. The molecule has 2 unspecified atom stereocenters. The largest absolute Gasteiger partial charge is 0.465 e. The lowest BCUT2D eigenvalue weighted by Crippen LogP contribution is -2.42. The third-order valence-corrected chi connectivity index (χ3v) is 4.48. The summed E-state index contributed by atoms with van der Waals surface area (Å²) in [6.45, 7) is 2.18. The molecule has 1 rings (SSSR count). The fourth-order valence-corrected chi connectivity index (χ4v) is 3.52. The van der Waals surface area contributed by atoms with Crippen molar-refractivity contribution in [1.29, 1.82) is 0 Å². The molecule has 0 aromatic rings. The van der Waals surface area contributed by atoms with Crippen molar-refractivity contribution in [1.82, 2.24) is 5.32 Å². The van der Waals surface area contributed by atoms with Crippen LogP contribution in [0.25, 0.3) is 0 Å². The van der Waals surface area contributed by atoms with Crippen LogP contribution in [0.4, 0.5) is 0 Å². The van der Waals surface area contributed by atoms with E-state index in [9.17, 15) is 13.2 Å². The molecule has 94 valence electrons. The van der Waals surface area contributed by atoms with Gasteiger partial charge in [-0.05, 0) is 19.8 Å². The van der Waals surface area contributed by atoms with Crippen molar-refractivity contribution in [2.75, 3.05) is 19.4 Å². The van der Waals surface area contributed by atoms with Gasteiger partial charge in [0, 0.05) is 12.3 Å². The summed E-state index contributed by atoms with van der Waals surface area (Å²) in [5.41, 5.74) is 0. The van der Waals surface area contributed by atoms with Gasteiger partial charge in [-0.3, -0.25) is 4.79 Å². The van der Waals surface area contributed by atoms with Crippen molar-refractivity contribution in [3.05, 3.63) is 0 Å². The average molecular weight is 249 g/mol. The zero-order chi connectivity index (χ0) is 12.2. The number of ether oxygens (including phenoxy) is 1. The molecule has 16 heavy (non-hydrogen) atoms. The van der Waals surface area contributed by atoms with Gasteiger partial charge in [-0.2, -0.15) is 0 Å². The molecular weight excluding hydrogens is 230 g/mol. The molecule has 1 aliphatic rings. The first-order valence-corrected chi connectivity index (χ1v) is 7.48. The SMILES string of the molecule is CCOC(=O)CNC1CCCC1S(C)(=O)=O. The van der Waals surface area contributed by atoms with Gasteiger partial charge in [0.25, 0.3) is 0 Å². The Morgan fingerprint density at radius 1 is 1.44 bits per heavy atom. The highest BCUT2D eigenvalue weighted by Crippen LogP contribution is 2.24. The van der Waals surface area contributed by atoms with Gasteiger partial charge in [-0.25, -0.2) is 8.42 Å². The van der Waals surface area contributed by atoms with Crippen LogP contribution < -0.4 is 5.32 Å². The average Bonchev–Trinajstić information content (AvgIpc) is 2.62.